The van der Waals surface area contributed by atoms with E-state index in [0.29, 0.717) is 0 Å². The Morgan fingerprint density at radius 3 is 1.73 bits per heavy atom. The Morgan fingerprint density at radius 2 is 1.73 bits per heavy atom. The van der Waals surface area contributed by atoms with Crippen LogP contribution in [0, 0.1) is 0 Å². The van der Waals surface area contributed by atoms with Gasteiger partial charge in [0.15, 0.2) is 10.1 Å². The molecular weight excluding hydrogens is 197 g/mol. The predicted molar refractivity (Wildman–Crippen MR) is 22.3 cm³/mol. The molecule has 0 aromatic carbocycles. The van der Waals surface area contributed by atoms with Crippen molar-refractivity contribution in [3.63, 3.8) is 0 Å². The van der Waals surface area contributed by atoms with Crippen LogP contribution in [0.2, 0.25) is 0 Å². The van der Waals surface area contributed by atoms with Crippen LogP contribution in [0.4, 0.5) is 8.78 Å². The molecule has 0 amide bonds. The first kappa shape index (κ1) is 13.8. The van der Waals surface area contributed by atoms with Crippen LogP contribution in [-0.4, -0.2) is 29.3 Å². The fraction of sp³-hybridized carbons (Fsp3) is 0.500. The first-order valence-electron chi connectivity index (χ1n) is 1.76. The molecule has 11 heavy (non-hydrogen) atoms. The molecule has 60 valence electrons. The fourth-order valence-corrected chi connectivity index (χ4v) is 0.321. The molecule has 0 aromatic rings. The van der Waals surface area contributed by atoms with Crippen LogP contribution < -0.4 is 29.6 Å². The summed E-state index contributed by atoms with van der Waals surface area (Å²) >= 11 is 0. The average Bonchev–Trinajstić information content (AvgIpc) is 1.62. The van der Waals surface area contributed by atoms with E-state index in [0.717, 1.165) is 0 Å². The molecule has 0 aliphatic heterocycles. The quantitative estimate of drug-likeness (QED) is 0.363. The van der Waals surface area contributed by atoms with Gasteiger partial charge in [0.1, 0.15) is 0 Å². The maximum absolute atomic E-state index is 11.6. The third-order valence-electron chi connectivity index (χ3n) is 0.563. The summed E-state index contributed by atoms with van der Waals surface area (Å²) in [6.07, 6.45) is 0. The van der Waals surface area contributed by atoms with E-state index in [1.54, 1.807) is 0 Å². The molecule has 9 heteroatoms. The number of aliphatic carboxylic acids is 1. The van der Waals surface area contributed by atoms with Crippen molar-refractivity contribution in [1.82, 2.24) is 0 Å². The largest absolute Gasteiger partial charge is 1.00 e. The normalized spacial score (nSPS) is 11.9. The molecule has 0 spiro atoms. The number of carboxylic acids is 1. The summed E-state index contributed by atoms with van der Waals surface area (Å²) in [7, 11) is -6.08. The number of carboxylic acid groups (broad SMARTS) is 1. The third kappa shape index (κ3) is 2.99. The van der Waals surface area contributed by atoms with Gasteiger partial charge in [-0.25, -0.2) is 13.2 Å². The molecule has 0 heterocycles. The Kier molecular flexibility index (Phi) is 4.72. The second-order valence-corrected chi connectivity index (χ2v) is 2.70. The van der Waals surface area contributed by atoms with Crippen molar-refractivity contribution in [2.24, 2.45) is 0 Å². The molecule has 0 rings (SSSR count). The number of alkyl halides is 2. The van der Waals surface area contributed by atoms with E-state index in [1.807, 2.05) is 0 Å². The fourth-order valence-electron chi connectivity index (χ4n) is 0.107. The molecule has 0 aliphatic carbocycles. The summed E-state index contributed by atoms with van der Waals surface area (Å²) in [4.78, 5) is 9.34. The van der Waals surface area contributed by atoms with Gasteiger partial charge in [0.2, 0.25) is 0 Å². The van der Waals surface area contributed by atoms with E-state index in [9.17, 15) is 26.5 Å². The first-order chi connectivity index (χ1) is 4.19. The number of carbonyl (C=O) groups is 1. The van der Waals surface area contributed by atoms with Crippen molar-refractivity contribution in [3.05, 3.63) is 0 Å². The Balaban J connectivity index is 0. The van der Waals surface area contributed by atoms with Crippen molar-refractivity contribution in [3.8, 4) is 0 Å². The van der Waals surface area contributed by atoms with Gasteiger partial charge in [0, 0.05) is 0 Å². The summed E-state index contributed by atoms with van der Waals surface area (Å²) in [5, 5.41) is 2.22. The maximum atomic E-state index is 11.6. The Bertz CT molecular complexity index is 245. The van der Waals surface area contributed by atoms with Crippen molar-refractivity contribution in [1.29, 1.82) is 0 Å². The van der Waals surface area contributed by atoms with Gasteiger partial charge < -0.3 is 9.66 Å². The summed E-state index contributed by atoms with van der Waals surface area (Å²) < 4.78 is 51.3. The molecule has 0 saturated heterocycles. The molecule has 0 aromatic heterocycles. The minimum absolute atomic E-state index is 0. The number of hydrogen-bond donors (Lipinski definition) is 1. The molecule has 0 bridgehead atoms. The van der Waals surface area contributed by atoms with E-state index >= 15 is 0 Å². The van der Waals surface area contributed by atoms with Crippen LogP contribution in [0.3, 0.4) is 0 Å². The molecule has 0 unspecified atom stereocenters. The van der Waals surface area contributed by atoms with Crippen LogP contribution >= 0.6 is 0 Å². The maximum Gasteiger partial charge on any atom is 1.00 e. The molecule has 0 atom stereocenters. The SMILES string of the molecule is O=C(O)C(F)(F)S(=O)(=O)[O-].[Na+]. The van der Waals surface area contributed by atoms with E-state index in [1.165, 1.54) is 0 Å². The molecule has 5 nitrogen and oxygen atoms in total. The molecule has 0 radical (unpaired) electrons. The Hall–Kier alpha value is 0.240. The minimum Gasteiger partial charge on any atom is -0.743 e. The van der Waals surface area contributed by atoms with Gasteiger partial charge in [0.25, 0.3) is 0 Å². The second kappa shape index (κ2) is 3.76. The summed E-state index contributed by atoms with van der Waals surface area (Å²) in [5.41, 5.74) is 0. The molecule has 0 fully saturated rings. The minimum atomic E-state index is -6.08. The van der Waals surface area contributed by atoms with Crippen LogP contribution in [-0.2, 0) is 14.9 Å². The number of halogens is 2. The summed E-state index contributed by atoms with van der Waals surface area (Å²) in [6.45, 7) is 0. The van der Waals surface area contributed by atoms with Crippen LogP contribution in [0.25, 0.3) is 0 Å². The van der Waals surface area contributed by atoms with Crippen LogP contribution in [0.15, 0.2) is 0 Å². The van der Waals surface area contributed by atoms with Gasteiger partial charge >= 0.3 is 40.8 Å². The van der Waals surface area contributed by atoms with E-state index in [2.05, 4.69) is 0 Å². The topological polar surface area (TPSA) is 94.5 Å². The van der Waals surface area contributed by atoms with Crippen molar-refractivity contribution in [2.75, 3.05) is 0 Å². The smallest absolute Gasteiger partial charge is 0.743 e. The Labute approximate surface area is 82.4 Å². The molecule has 0 aliphatic rings. The zero-order valence-corrected chi connectivity index (χ0v) is 8.06. The Morgan fingerprint density at radius 1 is 1.45 bits per heavy atom. The summed E-state index contributed by atoms with van der Waals surface area (Å²) in [5.74, 6) is -2.97. The van der Waals surface area contributed by atoms with Gasteiger partial charge in [0.05, 0.1) is 0 Å². The van der Waals surface area contributed by atoms with E-state index in [4.69, 9.17) is 5.11 Å². The van der Waals surface area contributed by atoms with E-state index in [-0.39, 0.29) is 29.6 Å². The number of hydrogen-bond acceptors (Lipinski definition) is 4. The third-order valence-corrected chi connectivity index (χ3v) is 1.37. The number of rotatable bonds is 2. The van der Waals surface area contributed by atoms with Crippen molar-refractivity contribution in [2.45, 2.75) is 5.25 Å². The average molecular weight is 198 g/mol. The zero-order valence-electron chi connectivity index (χ0n) is 5.24. The van der Waals surface area contributed by atoms with Gasteiger partial charge in [-0.05, 0) is 0 Å². The second-order valence-electron chi connectivity index (χ2n) is 1.28. The van der Waals surface area contributed by atoms with Crippen LogP contribution in [0.1, 0.15) is 0 Å². The van der Waals surface area contributed by atoms with E-state index < -0.39 is 21.3 Å². The van der Waals surface area contributed by atoms with Crippen LogP contribution in [0.5, 0.6) is 0 Å². The molecule has 0 saturated carbocycles. The van der Waals surface area contributed by atoms with Gasteiger partial charge in [-0.1, -0.05) is 0 Å². The van der Waals surface area contributed by atoms with Gasteiger partial charge in [-0.15, -0.1) is 0 Å². The zero-order chi connectivity index (χ0) is 8.58. The molecular formula is C2HF2NaO5S. The molecule has 1 N–H and O–H groups in total. The van der Waals surface area contributed by atoms with Gasteiger partial charge in [-0.3, -0.25) is 0 Å². The van der Waals surface area contributed by atoms with Gasteiger partial charge in [-0.2, -0.15) is 8.78 Å². The first-order valence-corrected chi connectivity index (χ1v) is 3.17. The predicted octanol–water partition coefficient (Wildman–Crippen LogP) is -3.79. The standard InChI is InChI=1S/C2H2F2O5S.Na/c3-2(4,1(5)6)10(7,8)9;/h(H,5,6)(H,7,8,9);/q;+1/p-1. The van der Waals surface area contributed by atoms with Crippen molar-refractivity contribution >= 4 is 16.1 Å². The summed E-state index contributed by atoms with van der Waals surface area (Å²) in [6, 6.07) is 0. The monoisotopic (exact) mass is 198 g/mol. The van der Waals surface area contributed by atoms with Crippen molar-refractivity contribution < 1.29 is 61.2 Å².